The summed E-state index contributed by atoms with van der Waals surface area (Å²) in [4.78, 5) is 12.8. The Morgan fingerprint density at radius 2 is 1.55 bits per heavy atom. The number of halogens is 5. The topological polar surface area (TPSA) is 84.5 Å². The van der Waals surface area contributed by atoms with Gasteiger partial charge >= 0.3 is 6.18 Å². The van der Waals surface area contributed by atoms with E-state index in [1.165, 1.54) is 49.6 Å². The van der Waals surface area contributed by atoms with E-state index < -0.39 is 27.7 Å². The van der Waals surface area contributed by atoms with Crippen LogP contribution >= 0.6 is 23.2 Å². The van der Waals surface area contributed by atoms with Crippen LogP contribution in [0.2, 0.25) is 10.0 Å². The Morgan fingerprint density at radius 1 is 0.909 bits per heavy atom. The second kappa shape index (κ2) is 9.50. The van der Waals surface area contributed by atoms with E-state index in [-0.39, 0.29) is 32.6 Å². The van der Waals surface area contributed by atoms with E-state index in [9.17, 15) is 26.4 Å². The molecule has 1 amide bonds. The third kappa shape index (κ3) is 5.89. The van der Waals surface area contributed by atoms with Crippen LogP contribution in [0, 0.1) is 0 Å². The van der Waals surface area contributed by atoms with Gasteiger partial charge < -0.3 is 10.1 Å². The minimum absolute atomic E-state index is 0.0262. The van der Waals surface area contributed by atoms with Crippen LogP contribution in [0.1, 0.15) is 15.9 Å². The van der Waals surface area contributed by atoms with E-state index >= 15 is 0 Å². The van der Waals surface area contributed by atoms with Gasteiger partial charge in [-0.15, -0.1) is 0 Å². The summed E-state index contributed by atoms with van der Waals surface area (Å²) in [6.07, 6.45) is -4.65. The van der Waals surface area contributed by atoms with E-state index in [2.05, 4.69) is 10.0 Å². The molecule has 0 aliphatic carbocycles. The molecule has 174 valence electrons. The third-order valence-electron chi connectivity index (χ3n) is 4.37. The second-order valence-electron chi connectivity index (χ2n) is 6.62. The first-order chi connectivity index (χ1) is 15.4. The lowest BCUT2D eigenvalue weighted by Gasteiger charge is -2.16. The molecule has 0 aromatic heterocycles. The first-order valence-corrected chi connectivity index (χ1v) is 11.3. The summed E-state index contributed by atoms with van der Waals surface area (Å²) in [5, 5.41) is 2.75. The normalized spacial score (nSPS) is 11.7. The predicted octanol–water partition coefficient (Wildman–Crippen LogP) is 6.07. The van der Waals surface area contributed by atoms with Crippen molar-refractivity contribution in [1.29, 1.82) is 0 Å². The Balaban J connectivity index is 1.97. The van der Waals surface area contributed by atoms with Crippen molar-refractivity contribution in [2.75, 3.05) is 17.1 Å². The third-order valence-corrected chi connectivity index (χ3v) is 6.24. The van der Waals surface area contributed by atoms with Gasteiger partial charge in [0.05, 0.1) is 34.5 Å². The number of methoxy groups -OCH3 is 1. The van der Waals surface area contributed by atoms with Gasteiger partial charge in [-0.25, -0.2) is 8.42 Å². The fraction of sp³-hybridized carbons (Fsp3) is 0.0952. The van der Waals surface area contributed by atoms with Crippen LogP contribution in [0.3, 0.4) is 0 Å². The number of hydrogen-bond acceptors (Lipinski definition) is 4. The van der Waals surface area contributed by atoms with Crippen molar-refractivity contribution in [2.24, 2.45) is 0 Å². The molecule has 33 heavy (non-hydrogen) atoms. The van der Waals surface area contributed by atoms with Gasteiger partial charge in [0.15, 0.2) is 0 Å². The zero-order valence-electron chi connectivity index (χ0n) is 16.7. The number of alkyl halides is 3. The molecule has 0 fully saturated rings. The summed E-state index contributed by atoms with van der Waals surface area (Å²) in [6.45, 7) is 0. The quantitative estimate of drug-likeness (QED) is 0.414. The Hall–Kier alpha value is -2.95. The molecule has 2 N–H and O–H groups in total. The average molecular weight is 519 g/mol. The first-order valence-electron chi connectivity index (χ1n) is 9.05. The molecule has 0 heterocycles. The Morgan fingerprint density at radius 3 is 2.15 bits per heavy atom. The molecule has 12 heteroatoms. The van der Waals surface area contributed by atoms with Gasteiger partial charge in [-0.1, -0.05) is 23.2 Å². The highest BCUT2D eigenvalue weighted by Gasteiger charge is 2.31. The van der Waals surface area contributed by atoms with Crippen LogP contribution < -0.4 is 14.8 Å². The zero-order valence-corrected chi connectivity index (χ0v) is 19.0. The Kier molecular flexibility index (Phi) is 7.11. The van der Waals surface area contributed by atoms with E-state index in [1.54, 1.807) is 0 Å². The summed E-state index contributed by atoms with van der Waals surface area (Å²) in [6, 6.07) is 11.7. The molecule has 3 rings (SSSR count). The number of benzene rings is 3. The average Bonchev–Trinajstić information content (AvgIpc) is 2.74. The molecule has 0 atom stereocenters. The van der Waals surface area contributed by atoms with Crippen molar-refractivity contribution in [3.8, 4) is 5.75 Å². The van der Waals surface area contributed by atoms with Gasteiger partial charge in [0.25, 0.3) is 15.9 Å². The number of hydrogen-bond donors (Lipinski definition) is 2. The van der Waals surface area contributed by atoms with Crippen LogP contribution in [-0.4, -0.2) is 21.4 Å². The number of amides is 1. The molecule has 0 aliphatic rings. The molecule has 0 radical (unpaired) electrons. The summed E-state index contributed by atoms with van der Waals surface area (Å²) >= 11 is 11.8. The van der Waals surface area contributed by atoms with Crippen LogP contribution in [0.25, 0.3) is 0 Å². The van der Waals surface area contributed by atoms with Gasteiger partial charge in [-0.2, -0.15) is 13.2 Å². The van der Waals surface area contributed by atoms with Crippen molar-refractivity contribution in [2.45, 2.75) is 11.1 Å². The van der Waals surface area contributed by atoms with E-state index in [0.29, 0.717) is 11.1 Å². The van der Waals surface area contributed by atoms with E-state index in [0.717, 1.165) is 12.1 Å². The lowest BCUT2D eigenvalue weighted by atomic mass is 10.1. The molecule has 3 aromatic rings. The molecular formula is C21H15Cl2F3N2O4S. The zero-order chi connectivity index (χ0) is 24.4. The maximum atomic E-state index is 13.1. The largest absolute Gasteiger partial charge is 0.495 e. The summed E-state index contributed by atoms with van der Waals surface area (Å²) < 4.78 is 72.0. The van der Waals surface area contributed by atoms with Crippen molar-refractivity contribution in [3.63, 3.8) is 0 Å². The number of rotatable bonds is 6. The van der Waals surface area contributed by atoms with Crippen LogP contribution in [0.5, 0.6) is 5.75 Å². The highest BCUT2D eigenvalue weighted by molar-refractivity contribution is 7.92. The molecule has 0 saturated carbocycles. The molecule has 0 bridgehead atoms. The number of ether oxygens (including phenoxy) is 1. The SMILES string of the molecule is COc1ccc(C(F)(F)F)cc1NC(=O)c1cc(Cl)ccc1NS(=O)(=O)c1ccc(Cl)cc1. The maximum Gasteiger partial charge on any atom is 0.416 e. The van der Waals surface area contributed by atoms with Gasteiger partial charge in [-0.3, -0.25) is 9.52 Å². The summed E-state index contributed by atoms with van der Waals surface area (Å²) in [7, 11) is -2.89. The summed E-state index contributed by atoms with van der Waals surface area (Å²) in [5.41, 5.74) is -1.63. The number of nitrogens with one attached hydrogen (secondary N) is 2. The fourth-order valence-electron chi connectivity index (χ4n) is 2.78. The van der Waals surface area contributed by atoms with Gasteiger partial charge in [0.2, 0.25) is 0 Å². The number of carbonyl (C=O) groups excluding carboxylic acids is 1. The number of sulfonamides is 1. The smallest absolute Gasteiger partial charge is 0.416 e. The standard InChI is InChI=1S/C21H15Cl2F3N2O4S/c1-32-19-9-2-12(21(24,25)26)10-18(19)27-20(29)16-11-14(23)5-8-17(16)28-33(30,31)15-6-3-13(22)4-7-15/h2-11,28H,1H3,(H,27,29). The van der Waals surface area contributed by atoms with Crippen molar-refractivity contribution in [1.82, 2.24) is 0 Å². The number of carbonyl (C=O) groups is 1. The highest BCUT2D eigenvalue weighted by atomic mass is 35.5. The van der Waals surface area contributed by atoms with Crippen molar-refractivity contribution >= 4 is 50.5 Å². The lowest BCUT2D eigenvalue weighted by molar-refractivity contribution is -0.137. The molecule has 0 spiro atoms. The van der Waals surface area contributed by atoms with Gasteiger partial charge in [-0.05, 0) is 60.7 Å². The predicted molar refractivity (Wildman–Crippen MR) is 120 cm³/mol. The van der Waals surface area contributed by atoms with Crippen LogP contribution in [0.15, 0.2) is 65.6 Å². The number of anilines is 2. The summed E-state index contributed by atoms with van der Waals surface area (Å²) in [5.74, 6) is -0.939. The minimum Gasteiger partial charge on any atom is -0.495 e. The van der Waals surface area contributed by atoms with E-state index in [1.807, 2.05) is 0 Å². The molecule has 0 aliphatic heterocycles. The second-order valence-corrected chi connectivity index (χ2v) is 9.17. The van der Waals surface area contributed by atoms with Gasteiger partial charge in [0.1, 0.15) is 5.75 Å². The van der Waals surface area contributed by atoms with Crippen LogP contribution in [0.4, 0.5) is 24.5 Å². The molecule has 6 nitrogen and oxygen atoms in total. The molecule has 3 aromatic carbocycles. The van der Waals surface area contributed by atoms with Crippen LogP contribution in [-0.2, 0) is 16.2 Å². The molecule has 0 unspecified atom stereocenters. The maximum absolute atomic E-state index is 13.1. The monoisotopic (exact) mass is 518 g/mol. The van der Waals surface area contributed by atoms with Crippen molar-refractivity contribution in [3.05, 3.63) is 81.8 Å². The van der Waals surface area contributed by atoms with E-state index in [4.69, 9.17) is 27.9 Å². The van der Waals surface area contributed by atoms with Crippen molar-refractivity contribution < 1.29 is 31.1 Å². The molecule has 0 saturated heterocycles. The Labute approximate surface area is 197 Å². The fourth-order valence-corrected chi connectivity index (χ4v) is 4.16. The highest BCUT2D eigenvalue weighted by Crippen LogP contribution is 2.35. The minimum atomic E-state index is -4.65. The first kappa shape index (κ1) is 24.7. The van der Waals surface area contributed by atoms with Gasteiger partial charge in [0, 0.05) is 10.0 Å². The Bertz CT molecular complexity index is 1300. The molecular weight excluding hydrogens is 504 g/mol. The lowest BCUT2D eigenvalue weighted by Crippen LogP contribution is -2.19.